The van der Waals surface area contributed by atoms with Gasteiger partial charge in [0.15, 0.2) is 0 Å². The van der Waals surface area contributed by atoms with Crippen molar-refractivity contribution in [3.05, 3.63) is 0 Å². The van der Waals surface area contributed by atoms with E-state index in [2.05, 4.69) is 37.7 Å². The predicted molar refractivity (Wildman–Crippen MR) is 79.7 cm³/mol. The minimum atomic E-state index is 0.232. The van der Waals surface area contributed by atoms with Gasteiger partial charge >= 0.3 is 0 Å². The lowest BCUT2D eigenvalue weighted by Gasteiger charge is -2.36. The summed E-state index contributed by atoms with van der Waals surface area (Å²) in [6, 6.07) is 0. The van der Waals surface area contributed by atoms with Gasteiger partial charge in [-0.15, -0.1) is 0 Å². The number of carbonyl (C=O) groups is 1. The molecular weight excluding hydrogens is 254 g/mol. The molecule has 0 aliphatic carbocycles. The summed E-state index contributed by atoms with van der Waals surface area (Å²) in [5, 5.41) is 0. The van der Waals surface area contributed by atoms with Crippen molar-refractivity contribution in [1.82, 2.24) is 14.7 Å². The monoisotopic (exact) mass is 283 g/mol. The second-order valence-corrected chi connectivity index (χ2v) is 6.75. The van der Waals surface area contributed by atoms with Gasteiger partial charge in [-0.3, -0.25) is 9.69 Å². The first-order chi connectivity index (χ1) is 9.41. The van der Waals surface area contributed by atoms with Crippen molar-refractivity contribution in [1.29, 1.82) is 0 Å². The Labute approximate surface area is 122 Å². The van der Waals surface area contributed by atoms with Gasteiger partial charge in [-0.25, -0.2) is 0 Å². The maximum Gasteiger partial charge on any atom is 0.236 e. The molecule has 2 fully saturated rings. The van der Waals surface area contributed by atoms with E-state index in [4.69, 9.17) is 4.74 Å². The Morgan fingerprint density at radius 1 is 1.30 bits per heavy atom. The Morgan fingerprint density at radius 2 is 1.95 bits per heavy atom. The van der Waals surface area contributed by atoms with Gasteiger partial charge in [0, 0.05) is 25.2 Å². The minimum Gasteiger partial charge on any atom is -0.378 e. The number of nitrogens with zero attached hydrogens (tertiary/aromatic N) is 3. The molecule has 0 N–H and O–H groups in total. The topological polar surface area (TPSA) is 36.0 Å². The Balaban J connectivity index is 1.80. The van der Waals surface area contributed by atoms with Crippen LogP contribution in [0.5, 0.6) is 0 Å². The molecular formula is C15H29N3O2. The maximum atomic E-state index is 12.2. The van der Waals surface area contributed by atoms with Crippen molar-refractivity contribution in [3.8, 4) is 0 Å². The zero-order valence-electron chi connectivity index (χ0n) is 13.4. The summed E-state index contributed by atoms with van der Waals surface area (Å²) in [5.41, 5.74) is 0.232. The fourth-order valence-corrected chi connectivity index (χ4v) is 3.20. The molecule has 2 heterocycles. The SMILES string of the molecule is CN(CC(=O)N1CCOCC1)C[C@@H]1CCN(C)C1(C)C. The highest BCUT2D eigenvalue weighted by Crippen LogP contribution is 2.33. The fraction of sp³-hybridized carbons (Fsp3) is 0.933. The summed E-state index contributed by atoms with van der Waals surface area (Å²) >= 11 is 0. The molecule has 0 aromatic heterocycles. The number of carbonyl (C=O) groups excluding carboxylic acids is 1. The van der Waals surface area contributed by atoms with Crippen LogP contribution in [-0.2, 0) is 9.53 Å². The van der Waals surface area contributed by atoms with Gasteiger partial charge in [-0.05, 0) is 46.8 Å². The zero-order chi connectivity index (χ0) is 14.8. The van der Waals surface area contributed by atoms with Crippen molar-refractivity contribution in [2.45, 2.75) is 25.8 Å². The number of morpholine rings is 1. The van der Waals surface area contributed by atoms with E-state index >= 15 is 0 Å². The van der Waals surface area contributed by atoms with E-state index in [9.17, 15) is 4.79 Å². The third kappa shape index (κ3) is 3.51. The Kier molecular flexibility index (Phi) is 5.04. The Hall–Kier alpha value is -0.650. The van der Waals surface area contributed by atoms with Crippen molar-refractivity contribution in [3.63, 3.8) is 0 Å². The van der Waals surface area contributed by atoms with Crippen LogP contribution in [0.1, 0.15) is 20.3 Å². The predicted octanol–water partition coefficient (Wildman–Crippen LogP) is 0.507. The molecule has 1 atom stereocenters. The van der Waals surface area contributed by atoms with Crippen LogP contribution in [0.4, 0.5) is 0 Å². The number of hydrogen-bond acceptors (Lipinski definition) is 4. The van der Waals surface area contributed by atoms with Crippen LogP contribution in [0.2, 0.25) is 0 Å². The molecule has 2 rings (SSSR count). The van der Waals surface area contributed by atoms with Crippen molar-refractivity contribution in [2.75, 3.05) is 60.0 Å². The smallest absolute Gasteiger partial charge is 0.236 e. The number of likely N-dealkylation sites (tertiary alicyclic amines) is 1. The summed E-state index contributed by atoms with van der Waals surface area (Å²) in [6.07, 6.45) is 1.22. The molecule has 0 unspecified atom stereocenters. The van der Waals surface area contributed by atoms with Gasteiger partial charge in [0.1, 0.15) is 0 Å². The third-order valence-corrected chi connectivity index (χ3v) is 5.10. The van der Waals surface area contributed by atoms with Gasteiger partial charge in [-0.2, -0.15) is 0 Å². The molecule has 5 heteroatoms. The first kappa shape index (κ1) is 15.7. The molecule has 0 radical (unpaired) electrons. The summed E-state index contributed by atoms with van der Waals surface area (Å²) in [7, 11) is 4.26. The van der Waals surface area contributed by atoms with Crippen LogP contribution < -0.4 is 0 Å². The fourth-order valence-electron chi connectivity index (χ4n) is 3.20. The van der Waals surface area contributed by atoms with Crippen LogP contribution >= 0.6 is 0 Å². The van der Waals surface area contributed by atoms with Crippen LogP contribution in [0, 0.1) is 5.92 Å². The summed E-state index contributed by atoms with van der Waals surface area (Å²) in [4.78, 5) is 18.8. The van der Waals surface area contributed by atoms with E-state index in [1.54, 1.807) is 0 Å². The molecule has 0 aromatic rings. The standard InChI is InChI=1S/C15H29N3O2/c1-15(2)13(5-6-17(15)4)11-16(3)12-14(19)18-7-9-20-10-8-18/h13H,5-12H2,1-4H3/t13-/m0/s1. The lowest BCUT2D eigenvalue weighted by atomic mass is 9.88. The van der Waals surface area contributed by atoms with Crippen LogP contribution in [0.3, 0.4) is 0 Å². The summed E-state index contributed by atoms with van der Waals surface area (Å²) in [5.74, 6) is 0.870. The Morgan fingerprint density at radius 3 is 2.50 bits per heavy atom. The van der Waals surface area contributed by atoms with E-state index in [-0.39, 0.29) is 11.4 Å². The van der Waals surface area contributed by atoms with E-state index in [1.807, 2.05) is 4.90 Å². The van der Waals surface area contributed by atoms with Gasteiger partial charge in [0.25, 0.3) is 0 Å². The molecule has 2 aliphatic rings. The van der Waals surface area contributed by atoms with Gasteiger partial charge in [0.2, 0.25) is 5.91 Å². The molecule has 5 nitrogen and oxygen atoms in total. The molecule has 0 bridgehead atoms. The molecule has 116 valence electrons. The second-order valence-electron chi connectivity index (χ2n) is 6.75. The normalized spacial score (nSPS) is 27.2. The first-order valence-electron chi connectivity index (χ1n) is 7.66. The number of rotatable bonds is 4. The molecule has 20 heavy (non-hydrogen) atoms. The van der Waals surface area contributed by atoms with Crippen molar-refractivity contribution < 1.29 is 9.53 Å². The van der Waals surface area contributed by atoms with Crippen LogP contribution in [-0.4, -0.2) is 86.2 Å². The number of likely N-dealkylation sites (N-methyl/N-ethyl adjacent to an activating group) is 1. The second kappa shape index (κ2) is 6.41. The molecule has 2 aliphatic heterocycles. The van der Waals surface area contributed by atoms with E-state index in [0.717, 1.165) is 26.2 Å². The lowest BCUT2D eigenvalue weighted by Crippen LogP contribution is -2.48. The first-order valence-corrected chi connectivity index (χ1v) is 7.66. The lowest BCUT2D eigenvalue weighted by molar-refractivity contribution is -0.136. The average Bonchev–Trinajstić information content (AvgIpc) is 2.66. The molecule has 2 saturated heterocycles. The molecule has 0 saturated carbocycles. The van der Waals surface area contributed by atoms with E-state index in [1.165, 1.54) is 6.42 Å². The highest BCUT2D eigenvalue weighted by atomic mass is 16.5. The molecule has 0 aromatic carbocycles. The quantitative estimate of drug-likeness (QED) is 0.753. The van der Waals surface area contributed by atoms with E-state index in [0.29, 0.717) is 25.7 Å². The number of hydrogen-bond donors (Lipinski definition) is 0. The summed E-state index contributed by atoms with van der Waals surface area (Å²) < 4.78 is 5.29. The maximum absolute atomic E-state index is 12.2. The number of amides is 1. The van der Waals surface area contributed by atoms with Crippen molar-refractivity contribution >= 4 is 5.91 Å². The van der Waals surface area contributed by atoms with Gasteiger partial charge < -0.3 is 14.5 Å². The summed E-state index contributed by atoms with van der Waals surface area (Å²) in [6.45, 7) is 10.1. The van der Waals surface area contributed by atoms with Gasteiger partial charge in [0.05, 0.1) is 19.8 Å². The third-order valence-electron chi connectivity index (χ3n) is 5.10. The Bertz CT molecular complexity index is 340. The average molecular weight is 283 g/mol. The largest absolute Gasteiger partial charge is 0.378 e. The highest BCUT2D eigenvalue weighted by Gasteiger charge is 2.39. The molecule has 0 spiro atoms. The van der Waals surface area contributed by atoms with Crippen LogP contribution in [0.15, 0.2) is 0 Å². The highest BCUT2D eigenvalue weighted by molar-refractivity contribution is 5.78. The molecule has 1 amide bonds. The number of ether oxygens (including phenoxy) is 1. The van der Waals surface area contributed by atoms with Crippen LogP contribution in [0.25, 0.3) is 0 Å². The van der Waals surface area contributed by atoms with Gasteiger partial charge in [-0.1, -0.05) is 0 Å². The van der Waals surface area contributed by atoms with E-state index < -0.39 is 0 Å². The van der Waals surface area contributed by atoms with Crippen molar-refractivity contribution in [2.24, 2.45) is 5.92 Å². The zero-order valence-corrected chi connectivity index (χ0v) is 13.4. The minimum absolute atomic E-state index is 0.232.